The first-order chi connectivity index (χ1) is 13.8. The van der Waals surface area contributed by atoms with Crippen molar-refractivity contribution in [2.75, 3.05) is 0 Å². The van der Waals surface area contributed by atoms with Crippen molar-refractivity contribution in [1.82, 2.24) is 9.55 Å². The zero-order valence-corrected chi connectivity index (χ0v) is 18.3. The van der Waals surface area contributed by atoms with Crippen LogP contribution in [0.3, 0.4) is 0 Å². The molecule has 0 amide bonds. The Hall–Kier alpha value is -1.03. The van der Waals surface area contributed by atoms with E-state index in [0.717, 1.165) is 30.7 Å². The van der Waals surface area contributed by atoms with Crippen LogP contribution < -0.4 is 11.2 Å². The van der Waals surface area contributed by atoms with Crippen LogP contribution >= 0.6 is 23.5 Å². The normalized spacial score (nSPS) is 28.8. The van der Waals surface area contributed by atoms with Gasteiger partial charge >= 0.3 is 29.2 Å². The molecule has 1 aromatic heterocycles. The number of rotatable bonds is 8. The van der Waals surface area contributed by atoms with Crippen molar-refractivity contribution in [1.29, 1.82) is 0 Å². The van der Waals surface area contributed by atoms with E-state index in [2.05, 4.69) is 8.62 Å². The molecule has 1 saturated heterocycles. The third kappa shape index (κ3) is 6.73. The Morgan fingerprint density at radius 3 is 2.13 bits per heavy atom. The number of phosphoric ester groups is 1. The molecule has 1 aliphatic heterocycles. The second kappa shape index (κ2) is 8.72. The Morgan fingerprint density at radius 2 is 1.61 bits per heavy atom. The molecular formula is C11H19N2O15P3. The molecule has 17 nitrogen and oxygen atoms in total. The van der Waals surface area contributed by atoms with Gasteiger partial charge in [-0.25, -0.2) is 18.5 Å². The van der Waals surface area contributed by atoms with Crippen LogP contribution in [0.4, 0.5) is 0 Å². The molecule has 0 spiro atoms. The topological polar surface area (TPSA) is 264 Å². The molecule has 2 rings (SSSR count). The Kier molecular flexibility index (Phi) is 7.38. The number of ether oxygens (including phenoxy) is 1. The van der Waals surface area contributed by atoms with Crippen LogP contribution in [0, 0.1) is 0 Å². The average Bonchev–Trinajstić information content (AvgIpc) is 2.79. The zero-order valence-electron chi connectivity index (χ0n) is 15.6. The molecule has 0 aromatic carbocycles. The fourth-order valence-electron chi connectivity index (χ4n) is 2.74. The quantitative estimate of drug-likeness (QED) is 0.191. The summed E-state index contributed by atoms with van der Waals surface area (Å²) >= 11 is 0. The van der Waals surface area contributed by atoms with Gasteiger partial charge in [-0.05, 0) is 13.8 Å². The minimum Gasteiger partial charge on any atom is -0.387 e. The van der Waals surface area contributed by atoms with Gasteiger partial charge in [-0.1, -0.05) is 0 Å². The molecular weight excluding hydrogens is 493 g/mol. The second-order valence-corrected chi connectivity index (χ2v) is 11.1. The highest BCUT2D eigenvalue weighted by Gasteiger charge is 2.54. The maximum absolute atomic E-state index is 12.1. The fourth-order valence-corrected chi connectivity index (χ4v) is 6.08. The molecule has 0 bridgehead atoms. The van der Waals surface area contributed by atoms with E-state index in [1.165, 1.54) is 0 Å². The number of aromatic nitrogens is 2. The van der Waals surface area contributed by atoms with Gasteiger partial charge in [0.2, 0.25) is 0 Å². The number of nitrogens with zero attached hydrogens (tertiary/aromatic N) is 1. The summed E-state index contributed by atoms with van der Waals surface area (Å²) in [7, 11) is -17.0. The molecule has 31 heavy (non-hydrogen) atoms. The van der Waals surface area contributed by atoms with Crippen LogP contribution in [0.25, 0.3) is 0 Å². The van der Waals surface area contributed by atoms with E-state index < -0.39 is 64.9 Å². The van der Waals surface area contributed by atoms with Crippen LogP contribution in [0.2, 0.25) is 0 Å². The van der Waals surface area contributed by atoms with E-state index in [4.69, 9.17) is 19.0 Å². The van der Waals surface area contributed by atoms with Crippen LogP contribution in [-0.4, -0.2) is 63.3 Å². The van der Waals surface area contributed by atoms with Crippen molar-refractivity contribution in [3.63, 3.8) is 0 Å². The summed E-state index contributed by atoms with van der Waals surface area (Å²) in [6.45, 7) is 2.06. The van der Waals surface area contributed by atoms with Gasteiger partial charge < -0.3 is 34.5 Å². The Balaban J connectivity index is 2.23. The van der Waals surface area contributed by atoms with Crippen molar-refractivity contribution < 1.29 is 61.4 Å². The third-order valence-corrected chi connectivity index (χ3v) is 7.84. The van der Waals surface area contributed by atoms with Gasteiger partial charge in [0.25, 0.3) is 5.56 Å². The number of hydrogen-bond acceptors (Lipinski definition) is 11. The minimum atomic E-state index is -5.78. The number of hydrogen-bond donors (Lipinski definition) is 7. The molecule has 1 aromatic rings. The highest BCUT2D eigenvalue weighted by molar-refractivity contribution is 7.66. The molecule has 178 valence electrons. The second-order valence-electron chi connectivity index (χ2n) is 6.73. The lowest BCUT2D eigenvalue weighted by atomic mass is 9.96. The van der Waals surface area contributed by atoms with Crippen LogP contribution in [0.15, 0.2) is 21.9 Å². The van der Waals surface area contributed by atoms with Gasteiger partial charge in [0.1, 0.15) is 23.9 Å². The van der Waals surface area contributed by atoms with Gasteiger partial charge in [-0.2, -0.15) is 8.62 Å². The van der Waals surface area contributed by atoms with Gasteiger partial charge in [-0.3, -0.25) is 18.9 Å². The summed E-state index contributed by atoms with van der Waals surface area (Å²) in [5, 5.41) is 20.5. The molecule has 1 fully saturated rings. The third-order valence-electron chi connectivity index (χ3n) is 3.82. The first-order valence-corrected chi connectivity index (χ1v) is 12.5. The van der Waals surface area contributed by atoms with Crippen molar-refractivity contribution >= 4 is 23.5 Å². The van der Waals surface area contributed by atoms with Gasteiger partial charge in [0.05, 0.1) is 0 Å². The van der Waals surface area contributed by atoms with Gasteiger partial charge in [0, 0.05) is 12.3 Å². The Bertz CT molecular complexity index is 1070. The van der Waals surface area contributed by atoms with E-state index in [1.807, 2.05) is 4.98 Å². The summed E-state index contributed by atoms with van der Waals surface area (Å²) in [4.78, 5) is 60.9. The van der Waals surface area contributed by atoms with E-state index in [0.29, 0.717) is 0 Å². The van der Waals surface area contributed by atoms with E-state index >= 15 is 0 Å². The highest BCUT2D eigenvalue weighted by atomic mass is 31.3. The summed E-state index contributed by atoms with van der Waals surface area (Å²) in [5.74, 6) is 0. The monoisotopic (exact) mass is 512 g/mol. The van der Waals surface area contributed by atoms with Crippen molar-refractivity contribution in [3.05, 3.63) is 33.1 Å². The van der Waals surface area contributed by atoms with Crippen LogP contribution in [0.5, 0.6) is 0 Å². The minimum absolute atomic E-state index is 0.718. The maximum atomic E-state index is 12.1. The van der Waals surface area contributed by atoms with Gasteiger partial charge in [-0.15, -0.1) is 0 Å². The first-order valence-electron chi connectivity index (χ1n) is 8.01. The number of H-pyrrole nitrogens is 1. The fraction of sp³-hybridized carbons (Fsp3) is 0.636. The number of aliphatic hydroxyl groups is 2. The van der Waals surface area contributed by atoms with E-state index in [9.17, 15) is 43.3 Å². The predicted molar refractivity (Wildman–Crippen MR) is 96.3 cm³/mol. The van der Waals surface area contributed by atoms with Crippen molar-refractivity contribution in [2.45, 2.75) is 44.0 Å². The Morgan fingerprint density at radius 1 is 1.03 bits per heavy atom. The average molecular weight is 512 g/mol. The summed E-state index contributed by atoms with van der Waals surface area (Å²) in [6.07, 6.45) is -5.91. The lowest BCUT2D eigenvalue weighted by Crippen LogP contribution is -2.46. The maximum Gasteiger partial charge on any atom is 0.490 e. The molecule has 7 N–H and O–H groups in total. The zero-order chi connectivity index (χ0) is 24.0. The molecule has 20 heteroatoms. The number of nitrogens with one attached hydrogen (secondary N) is 1. The summed E-state index contributed by atoms with van der Waals surface area (Å²) < 4.78 is 52.2. The highest BCUT2D eigenvalue weighted by Crippen LogP contribution is 2.67. The lowest BCUT2D eigenvalue weighted by Gasteiger charge is -2.33. The van der Waals surface area contributed by atoms with Crippen molar-refractivity contribution in [2.24, 2.45) is 0 Å². The molecule has 1 aliphatic rings. The first kappa shape index (κ1) is 26.2. The Labute approximate surface area is 172 Å². The molecule has 2 unspecified atom stereocenters. The van der Waals surface area contributed by atoms with E-state index in [1.54, 1.807) is 0 Å². The summed E-state index contributed by atoms with van der Waals surface area (Å²) in [5.41, 5.74) is -3.83. The standard InChI is InChI=1S/C11H19N2O15P3/c1-11(2,26-30(21,22)28-31(23,24)27-29(18,19)20)8-6(15)7(16)9(25-8)13-4-3-5(14)12-10(13)17/h3-4,6-9,15-16H,1-2H3,(H,21,22)(H,23,24)(H,12,14,17)(H2,18,19,20)/t6-,7+,8-,9+/m0/s1. The number of phosphoric acid groups is 3. The molecule has 0 saturated carbocycles. The number of aromatic amines is 1. The largest absolute Gasteiger partial charge is 0.490 e. The molecule has 6 atom stereocenters. The molecule has 0 radical (unpaired) electrons. The van der Waals surface area contributed by atoms with Crippen molar-refractivity contribution in [3.8, 4) is 0 Å². The lowest BCUT2D eigenvalue weighted by molar-refractivity contribution is -0.119. The van der Waals surface area contributed by atoms with E-state index in [-0.39, 0.29) is 0 Å². The van der Waals surface area contributed by atoms with Crippen LogP contribution in [0.1, 0.15) is 20.1 Å². The predicted octanol–water partition coefficient (Wildman–Crippen LogP) is -1.72. The summed E-state index contributed by atoms with van der Waals surface area (Å²) in [6, 6.07) is 0.925. The molecule has 0 aliphatic carbocycles. The van der Waals surface area contributed by atoms with Crippen LogP contribution in [-0.2, 0) is 31.6 Å². The number of aliphatic hydroxyl groups excluding tert-OH is 2. The molecule has 2 heterocycles. The van der Waals surface area contributed by atoms with Gasteiger partial charge in [0.15, 0.2) is 6.23 Å². The smallest absolute Gasteiger partial charge is 0.387 e. The SMILES string of the molecule is CC(C)(OP(=O)(O)OP(=O)(O)OP(=O)(O)O)[C@H]1O[C@@H](n2ccc(=O)[nH]c2=O)[C@H](O)[C@@H]1O.